The molecule has 0 bridgehead atoms. The van der Waals surface area contributed by atoms with E-state index in [2.05, 4.69) is 25.0 Å². The molecule has 0 saturated heterocycles. The molecule has 0 atom stereocenters. The smallest absolute Gasteiger partial charge is 0.263 e. The largest absolute Gasteiger partial charge is 0.263 e. The summed E-state index contributed by atoms with van der Waals surface area (Å²) in [5.74, 6) is 0.719. The number of anilines is 1. The van der Waals surface area contributed by atoms with E-state index in [0.29, 0.717) is 17.3 Å². The minimum Gasteiger partial charge on any atom is -0.263 e. The van der Waals surface area contributed by atoms with Crippen LogP contribution in [0.4, 0.5) is 5.82 Å². The average Bonchev–Trinajstić information content (AvgIpc) is 3.28. The molecular weight excluding hydrogens is 408 g/mol. The van der Waals surface area contributed by atoms with Crippen molar-refractivity contribution in [3.63, 3.8) is 0 Å². The highest BCUT2D eigenvalue weighted by atomic mass is 32.2. The number of hydrogen-bond acceptors (Lipinski definition) is 7. The number of nitrogens with zero attached hydrogens (tertiary/aromatic N) is 5. The Morgan fingerprint density at radius 2 is 1.69 bits per heavy atom. The monoisotopic (exact) mass is 426 g/mol. The molecule has 4 rings (SSSR count). The summed E-state index contributed by atoms with van der Waals surface area (Å²) in [5, 5.41) is 15.2. The number of benzene rings is 1. The molecule has 0 aliphatic heterocycles. The van der Waals surface area contributed by atoms with Gasteiger partial charge in [-0.1, -0.05) is 12.1 Å². The van der Waals surface area contributed by atoms with Crippen molar-refractivity contribution in [3.8, 4) is 16.4 Å². The first kappa shape index (κ1) is 19.2. The Morgan fingerprint density at radius 1 is 0.931 bits per heavy atom. The molecule has 0 aliphatic carbocycles. The molecule has 10 heteroatoms. The summed E-state index contributed by atoms with van der Waals surface area (Å²) in [6.07, 6.45) is 0. The number of sulfonamides is 1. The lowest BCUT2D eigenvalue weighted by Gasteiger charge is -2.10. The second kappa shape index (κ2) is 7.37. The highest BCUT2D eigenvalue weighted by molar-refractivity contribution is 7.92. The molecule has 4 aromatic rings. The van der Waals surface area contributed by atoms with Crippen molar-refractivity contribution in [3.05, 3.63) is 64.9 Å². The molecule has 1 N–H and O–H groups in total. The maximum absolute atomic E-state index is 12.9. The first-order valence-corrected chi connectivity index (χ1v) is 11.1. The normalized spacial score (nSPS) is 11.6. The summed E-state index contributed by atoms with van der Waals surface area (Å²) in [5.41, 5.74) is 3.22. The zero-order valence-corrected chi connectivity index (χ0v) is 17.6. The van der Waals surface area contributed by atoms with Crippen LogP contribution in [0.3, 0.4) is 0 Å². The van der Waals surface area contributed by atoms with E-state index in [9.17, 15) is 8.42 Å². The van der Waals surface area contributed by atoms with Gasteiger partial charge in [-0.2, -0.15) is 14.9 Å². The molecule has 0 amide bonds. The van der Waals surface area contributed by atoms with Gasteiger partial charge in [0.05, 0.1) is 16.3 Å². The standard InChI is InChI=1S/C19H18N6O2S2/c1-12-4-9-17(22-21-12)25-18(10-13(2)23-25)24-29(26,27)16-7-5-15(6-8-16)19-20-14(3)11-28-19/h4-11,24H,1-3H3. The summed E-state index contributed by atoms with van der Waals surface area (Å²) in [6, 6.07) is 11.8. The maximum Gasteiger partial charge on any atom is 0.263 e. The molecule has 0 aliphatic rings. The van der Waals surface area contributed by atoms with Crippen molar-refractivity contribution in [2.45, 2.75) is 25.7 Å². The van der Waals surface area contributed by atoms with Crippen molar-refractivity contribution < 1.29 is 8.42 Å². The lowest BCUT2D eigenvalue weighted by atomic mass is 10.2. The summed E-state index contributed by atoms with van der Waals surface area (Å²) < 4.78 is 29.8. The van der Waals surface area contributed by atoms with Crippen LogP contribution in [-0.2, 0) is 10.0 Å². The summed E-state index contributed by atoms with van der Waals surface area (Å²) in [7, 11) is -3.81. The highest BCUT2D eigenvalue weighted by Gasteiger charge is 2.19. The molecule has 148 valence electrons. The molecule has 0 unspecified atom stereocenters. The van der Waals surface area contributed by atoms with E-state index in [0.717, 1.165) is 22.0 Å². The zero-order valence-electron chi connectivity index (χ0n) is 16.0. The third-order valence-electron chi connectivity index (χ3n) is 4.10. The fourth-order valence-corrected chi connectivity index (χ4v) is 4.55. The minimum absolute atomic E-state index is 0.148. The Labute approximate surface area is 172 Å². The minimum atomic E-state index is -3.81. The summed E-state index contributed by atoms with van der Waals surface area (Å²) in [4.78, 5) is 4.57. The topological polar surface area (TPSA) is 103 Å². The van der Waals surface area contributed by atoms with Gasteiger partial charge < -0.3 is 0 Å². The number of aromatic nitrogens is 5. The number of rotatable bonds is 5. The molecular formula is C19H18N6O2S2. The van der Waals surface area contributed by atoms with Gasteiger partial charge in [0.15, 0.2) is 5.82 Å². The predicted octanol–water partition coefficient (Wildman–Crippen LogP) is 3.51. The highest BCUT2D eigenvalue weighted by Crippen LogP contribution is 2.26. The fraction of sp³-hybridized carbons (Fsp3) is 0.158. The van der Waals surface area contributed by atoms with Crippen molar-refractivity contribution in [1.29, 1.82) is 0 Å². The van der Waals surface area contributed by atoms with Crippen LogP contribution in [0.5, 0.6) is 0 Å². The molecule has 0 spiro atoms. The van der Waals surface area contributed by atoms with Crippen molar-refractivity contribution in [2.24, 2.45) is 0 Å². The van der Waals surface area contributed by atoms with E-state index in [4.69, 9.17) is 0 Å². The number of thiazole rings is 1. The van der Waals surface area contributed by atoms with Crippen LogP contribution >= 0.6 is 11.3 Å². The van der Waals surface area contributed by atoms with Crippen LogP contribution in [0.2, 0.25) is 0 Å². The molecule has 29 heavy (non-hydrogen) atoms. The van der Waals surface area contributed by atoms with Gasteiger partial charge in [-0.05, 0) is 45.0 Å². The van der Waals surface area contributed by atoms with Gasteiger partial charge >= 0.3 is 0 Å². The van der Waals surface area contributed by atoms with E-state index in [-0.39, 0.29) is 4.90 Å². The Hall–Kier alpha value is -3.11. The summed E-state index contributed by atoms with van der Waals surface area (Å²) in [6.45, 7) is 5.53. The van der Waals surface area contributed by atoms with Crippen LogP contribution in [0.1, 0.15) is 17.1 Å². The Balaban J connectivity index is 1.63. The quantitative estimate of drug-likeness (QED) is 0.524. The van der Waals surface area contributed by atoms with Crippen LogP contribution in [0.15, 0.2) is 52.7 Å². The molecule has 0 saturated carbocycles. The third-order valence-corrected chi connectivity index (χ3v) is 6.48. The van der Waals surface area contributed by atoms with Gasteiger partial charge in [-0.25, -0.2) is 13.4 Å². The number of nitrogens with one attached hydrogen (secondary N) is 1. The van der Waals surface area contributed by atoms with Crippen molar-refractivity contribution in [1.82, 2.24) is 25.0 Å². The lowest BCUT2D eigenvalue weighted by Crippen LogP contribution is -2.16. The van der Waals surface area contributed by atoms with Crippen molar-refractivity contribution >= 4 is 27.2 Å². The van der Waals surface area contributed by atoms with Gasteiger partial charge in [0.2, 0.25) is 0 Å². The second-order valence-electron chi connectivity index (χ2n) is 6.54. The molecule has 0 fully saturated rings. The van der Waals surface area contributed by atoms with Gasteiger partial charge in [0.1, 0.15) is 10.8 Å². The SMILES string of the molecule is Cc1ccc(-n2nc(C)cc2NS(=O)(=O)c2ccc(-c3nc(C)cs3)cc2)nn1. The predicted molar refractivity (Wildman–Crippen MR) is 112 cm³/mol. The number of aryl methyl sites for hydroxylation is 3. The first-order chi connectivity index (χ1) is 13.8. The first-order valence-electron chi connectivity index (χ1n) is 8.74. The van der Waals surface area contributed by atoms with Gasteiger partial charge in [-0.15, -0.1) is 16.4 Å². The van der Waals surface area contributed by atoms with Crippen molar-refractivity contribution in [2.75, 3.05) is 4.72 Å². The Morgan fingerprint density at radius 3 is 2.31 bits per heavy atom. The number of hydrogen-bond donors (Lipinski definition) is 1. The zero-order chi connectivity index (χ0) is 20.6. The van der Waals surface area contributed by atoms with Crippen LogP contribution in [-0.4, -0.2) is 33.4 Å². The average molecular weight is 427 g/mol. The Bertz CT molecular complexity index is 1260. The van der Waals surface area contributed by atoms with E-state index in [1.165, 1.54) is 16.0 Å². The van der Waals surface area contributed by atoms with Crippen LogP contribution < -0.4 is 4.72 Å². The van der Waals surface area contributed by atoms with Gasteiger partial charge in [0.25, 0.3) is 10.0 Å². The molecule has 0 radical (unpaired) electrons. The van der Waals surface area contributed by atoms with E-state index >= 15 is 0 Å². The molecule has 3 heterocycles. The van der Waals surface area contributed by atoms with E-state index < -0.39 is 10.0 Å². The Kier molecular flexibility index (Phi) is 4.89. The van der Waals surface area contributed by atoms with Gasteiger partial charge in [0, 0.05) is 22.7 Å². The fourth-order valence-electron chi connectivity index (χ4n) is 2.71. The molecule has 3 aromatic heterocycles. The van der Waals surface area contributed by atoms with Gasteiger partial charge in [-0.3, -0.25) is 4.72 Å². The van der Waals surface area contributed by atoms with Crippen LogP contribution in [0, 0.1) is 20.8 Å². The molecule has 8 nitrogen and oxygen atoms in total. The molecule has 1 aromatic carbocycles. The van der Waals surface area contributed by atoms with Crippen LogP contribution in [0.25, 0.3) is 16.4 Å². The maximum atomic E-state index is 12.9. The van der Waals surface area contributed by atoms with E-state index in [1.54, 1.807) is 49.4 Å². The third kappa shape index (κ3) is 4.03. The lowest BCUT2D eigenvalue weighted by molar-refractivity contribution is 0.600. The second-order valence-corrected chi connectivity index (χ2v) is 9.08. The van der Waals surface area contributed by atoms with E-state index in [1.807, 2.05) is 19.2 Å². The summed E-state index contributed by atoms with van der Waals surface area (Å²) >= 11 is 1.52.